The number of fused-ring (bicyclic) bond motifs is 3. The Balaban J connectivity index is 1.58. The molecule has 0 saturated carbocycles. The van der Waals surface area contributed by atoms with Crippen LogP contribution in [0.4, 0.5) is 4.39 Å². The summed E-state index contributed by atoms with van der Waals surface area (Å²) in [7, 11) is 1.66. The zero-order valence-electron chi connectivity index (χ0n) is 14.0. The van der Waals surface area contributed by atoms with Gasteiger partial charge in [0.25, 0.3) is 0 Å². The molecule has 0 fully saturated rings. The van der Waals surface area contributed by atoms with Crippen LogP contribution in [0.5, 0.6) is 5.75 Å². The van der Waals surface area contributed by atoms with E-state index in [9.17, 15) is 9.18 Å². The molecule has 0 saturated heterocycles. The van der Waals surface area contributed by atoms with Crippen molar-refractivity contribution >= 4 is 16.8 Å². The summed E-state index contributed by atoms with van der Waals surface area (Å²) in [5.41, 5.74) is 4.15. The molecular formula is C20H19FN2O2. The van der Waals surface area contributed by atoms with Crippen molar-refractivity contribution in [1.82, 2.24) is 9.88 Å². The minimum absolute atomic E-state index is 0.0644. The molecule has 1 aromatic heterocycles. The lowest BCUT2D eigenvalue weighted by molar-refractivity contribution is -0.131. The third kappa shape index (κ3) is 2.86. The zero-order chi connectivity index (χ0) is 17.4. The normalized spacial score (nSPS) is 13.8. The van der Waals surface area contributed by atoms with Gasteiger partial charge in [0, 0.05) is 36.2 Å². The van der Waals surface area contributed by atoms with Gasteiger partial charge in [0.1, 0.15) is 11.6 Å². The van der Waals surface area contributed by atoms with Crippen LogP contribution in [-0.2, 0) is 24.2 Å². The van der Waals surface area contributed by atoms with E-state index in [0.29, 0.717) is 19.5 Å². The van der Waals surface area contributed by atoms with Crippen LogP contribution in [0.15, 0.2) is 42.5 Å². The van der Waals surface area contributed by atoms with Crippen LogP contribution >= 0.6 is 0 Å². The number of carbonyl (C=O) groups excluding carboxylic acids is 1. The molecule has 0 radical (unpaired) electrons. The number of benzene rings is 2. The lowest BCUT2D eigenvalue weighted by atomic mass is 10.0. The standard InChI is InChI=1S/C20H19FN2O2/c1-25-18-4-2-3-15-16-12-23(10-9-17(16)22-20(15)18)19(24)11-13-5-7-14(21)8-6-13/h2-8,22H,9-12H2,1H3. The highest BCUT2D eigenvalue weighted by molar-refractivity contribution is 5.90. The molecule has 0 aliphatic carbocycles. The largest absolute Gasteiger partial charge is 0.495 e. The minimum atomic E-state index is -0.286. The smallest absolute Gasteiger partial charge is 0.227 e. The number of aromatic amines is 1. The number of amides is 1. The van der Waals surface area contributed by atoms with Crippen LogP contribution in [0.3, 0.4) is 0 Å². The van der Waals surface area contributed by atoms with Gasteiger partial charge in [-0.15, -0.1) is 0 Å². The number of rotatable bonds is 3. The lowest BCUT2D eigenvalue weighted by Gasteiger charge is -2.27. The van der Waals surface area contributed by atoms with Gasteiger partial charge >= 0.3 is 0 Å². The van der Waals surface area contributed by atoms with Gasteiger partial charge in [0.15, 0.2) is 0 Å². The van der Waals surface area contributed by atoms with Crippen LogP contribution in [0, 0.1) is 5.82 Å². The van der Waals surface area contributed by atoms with Gasteiger partial charge in [-0.05, 0) is 23.8 Å². The van der Waals surface area contributed by atoms with Crippen molar-refractivity contribution in [2.75, 3.05) is 13.7 Å². The molecule has 128 valence electrons. The summed E-state index contributed by atoms with van der Waals surface area (Å²) >= 11 is 0. The third-order valence-electron chi connectivity index (χ3n) is 4.81. The summed E-state index contributed by atoms with van der Waals surface area (Å²) in [6, 6.07) is 12.1. The monoisotopic (exact) mass is 338 g/mol. The van der Waals surface area contributed by atoms with E-state index in [4.69, 9.17) is 4.74 Å². The van der Waals surface area contributed by atoms with E-state index >= 15 is 0 Å². The number of hydrogen-bond donors (Lipinski definition) is 1. The maximum atomic E-state index is 13.0. The van der Waals surface area contributed by atoms with E-state index in [1.165, 1.54) is 17.8 Å². The maximum Gasteiger partial charge on any atom is 0.227 e. The van der Waals surface area contributed by atoms with Crippen molar-refractivity contribution in [2.24, 2.45) is 0 Å². The molecule has 0 unspecified atom stereocenters. The maximum absolute atomic E-state index is 13.0. The molecule has 1 N–H and O–H groups in total. The zero-order valence-corrected chi connectivity index (χ0v) is 14.0. The molecule has 0 spiro atoms. The molecule has 25 heavy (non-hydrogen) atoms. The van der Waals surface area contributed by atoms with E-state index in [1.54, 1.807) is 19.2 Å². The second kappa shape index (κ2) is 6.24. The Bertz CT molecular complexity index is 931. The molecule has 1 aliphatic rings. The van der Waals surface area contributed by atoms with Crippen LogP contribution < -0.4 is 4.74 Å². The number of hydrogen-bond acceptors (Lipinski definition) is 2. The number of carbonyl (C=O) groups is 1. The van der Waals surface area contributed by atoms with E-state index in [1.807, 2.05) is 17.0 Å². The van der Waals surface area contributed by atoms with Gasteiger partial charge in [-0.2, -0.15) is 0 Å². The number of H-pyrrole nitrogens is 1. The minimum Gasteiger partial charge on any atom is -0.495 e. The second-order valence-electron chi connectivity index (χ2n) is 6.33. The molecule has 5 heteroatoms. The summed E-state index contributed by atoms with van der Waals surface area (Å²) in [6.07, 6.45) is 1.09. The first-order valence-electron chi connectivity index (χ1n) is 8.34. The Morgan fingerprint density at radius 2 is 2.04 bits per heavy atom. The summed E-state index contributed by atoms with van der Waals surface area (Å²) in [6.45, 7) is 1.27. The Hall–Kier alpha value is -2.82. The van der Waals surface area contributed by atoms with Crippen molar-refractivity contribution < 1.29 is 13.9 Å². The van der Waals surface area contributed by atoms with E-state index in [-0.39, 0.29) is 11.7 Å². The Labute approximate surface area is 145 Å². The molecular weight excluding hydrogens is 319 g/mol. The molecule has 0 bridgehead atoms. The average molecular weight is 338 g/mol. The fourth-order valence-electron chi connectivity index (χ4n) is 3.48. The van der Waals surface area contributed by atoms with Gasteiger partial charge in [-0.1, -0.05) is 24.3 Å². The number of nitrogens with zero attached hydrogens (tertiary/aromatic N) is 1. The van der Waals surface area contributed by atoms with Crippen LogP contribution in [0.1, 0.15) is 16.8 Å². The fourth-order valence-corrected chi connectivity index (χ4v) is 3.48. The highest BCUT2D eigenvalue weighted by Crippen LogP contribution is 2.32. The SMILES string of the molecule is COc1cccc2c3c([nH]c12)CCN(C(=O)Cc1ccc(F)cc1)C3. The summed E-state index contributed by atoms with van der Waals surface area (Å²) < 4.78 is 18.4. The van der Waals surface area contributed by atoms with Crippen molar-refractivity contribution in [3.05, 3.63) is 65.1 Å². The molecule has 4 rings (SSSR count). The Morgan fingerprint density at radius 1 is 1.24 bits per heavy atom. The molecule has 1 amide bonds. The first-order chi connectivity index (χ1) is 12.2. The molecule has 4 nitrogen and oxygen atoms in total. The molecule has 0 atom stereocenters. The van der Waals surface area contributed by atoms with Crippen molar-refractivity contribution in [2.45, 2.75) is 19.4 Å². The second-order valence-corrected chi connectivity index (χ2v) is 6.33. The quantitative estimate of drug-likeness (QED) is 0.795. The number of para-hydroxylation sites is 1. The highest BCUT2D eigenvalue weighted by atomic mass is 19.1. The lowest BCUT2D eigenvalue weighted by Crippen LogP contribution is -2.36. The van der Waals surface area contributed by atoms with Gasteiger partial charge in [0.05, 0.1) is 19.0 Å². The van der Waals surface area contributed by atoms with Crippen molar-refractivity contribution in [3.63, 3.8) is 0 Å². The van der Waals surface area contributed by atoms with Gasteiger partial charge < -0.3 is 14.6 Å². The number of aromatic nitrogens is 1. The van der Waals surface area contributed by atoms with E-state index in [2.05, 4.69) is 11.1 Å². The van der Waals surface area contributed by atoms with Crippen molar-refractivity contribution in [3.8, 4) is 5.75 Å². The summed E-state index contributed by atoms with van der Waals surface area (Å²) in [4.78, 5) is 18.0. The van der Waals surface area contributed by atoms with Crippen LogP contribution in [-0.4, -0.2) is 29.4 Å². The summed E-state index contributed by atoms with van der Waals surface area (Å²) in [5.74, 6) is 0.595. The van der Waals surface area contributed by atoms with E-state index in [0.717, 1.165) is 34.2 Å². The molecule has 2 aromatic carbocycles. The first kappa shape index (κ1) is 15.7. The Morgan fingerprint density at radius 3 is 2.80 bits per heavy atom. The van der Waals surface area contributed by atoms with Gasteiger partial charge in [-0.25, -0.2) is 4.39 Å². The van der Waals surface area contributed by atoms with E-state index < -0.39 is 0 Å². The third-order valence-corrected chi connectivity index (χ3v) is 4.81. The van der Waals surface area contributed by atoms with Gasteiger partial charge in [0.2, 0.25) is 5.91 Å². The molecule has 2 heterocycles. The predicted molar refractivity (Wildman–Crippen MR) is 94.1 cm³/mol. The molecule has 3 aromatic rings. The van der Waals surface area contributed by atoms with Crippen LogP contribution in [0.25, 0.3) is 10.9 Å². The highest BCUT2D eigenvalue weighted by Gasteiger charge is 2.24. The number of ether oxygens (including phenoxy) is 1. The van der Waals surface area contributed by atoms with Crippen molar-refractivity contribution in [1.29, 1.82) is 0 Å². The topological polar surface area (TPSA) is 45.3 Å². The number of nitrogens with one attached hydrogen (secondary N) is 1. The number of halogens is 1. The fraction of sp³-hybridized carbons (Fsp3) is 0.250. The average Bonchev–Trinajstić information content (AvgIpc) is 3.01. The Kier molecular flexibility index (Phi) is 3.92. The number of methoxy groups -OCH3 is 1. The van der Waals surface area contributed by atoms with Crippen LogP contribution in [0.2, 0.25) is 0 Å². The van der Waals surface area contributed by atoms with Gasteiger partial charge in [-0.3, -0.25) is 4.79 Å². The first-order valence-corrected chi connectivity index (χ1v) is 8.34. The summed E-state index contributed by atoms with van der Waals surface area (Å²) in [5, 5.41) is 1.11. The predicted octanol–water partition coefficient (Wildman–Crippen LogP) is 3.44. The molecule has 1 aliphatic heterocycles.